The fraction of sp³-hybridized carbons (Fsp3) is 0.250. The van der Waals surface area contributed by atoms with Crippen molar-refractivity contribution in [2.45, 2.75) is 32.0 Å². The van der Waals surface area contributed by atoms with Gasteiger partial charge in [0, 0.05) is 25.2 Å². The fourth-order valence-corrected chi connectivity index (χ4v) is 4.33. The molecule has 0 unspecified atom stereocenters. The Bertz CT molecular complexity index is 1120. The van der Waals surface area contributed by atoms with Gasteiger partial charge in [-0.05, 0) is 48.2 Å². The lowest BCUT2D eigenvalue weighted by molar-refractivity contribution is -0.127. The highest BCUT2D eigenvalue weighted by atomic mass is 19.1. The molecular formula is C28H29FN2O2. The minimum absolute atomic E-state index is 0.0389. The maximum absolute atomic E-state index is 14.5. The normalized spacial score (nSPS) is 16.5. The molecule has 170 valence electrons. The molecule has 3 aromatic carbocycles. The number of nitrogens with one attached hydrogen (secondary N) is 1. The van der Waals surface area contributed by atoms with Gasteiger partial charge in [-0.1, -0.05) is 60.7 Å². The van der Waals surface area contributed by atoms with Crippen LogP contribution in [0.1, 0.15) is 35.2 Å². The summed E-state index contributed by atoms with van der Waals surface area (Å²) in [5.74, 6) is 0.267. The Hall–Kier alpha value is -3.44. The van der Waals surface area contributed by atoms with Gasteiger partial charge in [0.1, 0.15) is 11.6 Å². The number of hydrogen-bond acceptors (Lipinski definition) is 3. The van der Waals surface area contributed by atoms with Gasteiger partial charge in [0.05, 0.1) is 6.04 Å². The predicted octanol–water partition coefficient (Wildman–Crippen LogP) is 5.04. The topological polar surface area (TPSA) is 41.6 Å². The molecule has 0 saturated carbocycles. The van der Waals surface area contributed by atoms with Gasteiger partial charge in [-0.2, -0.15) is 0 Å². The zero-order chi connectivity index (χ0) is 23.2. The molecule has 0 aromatic heterocycles. The van der Waals surface area contributed by atoms with E-state index in [2.05, 4.69) is 35.0 Å². The maximum Gasteiger partial charge on any atom is 0.261 e. The molecule has 1 aliphatic rings. The van der Waals surface area contributed by atoms with Crippen molar-refractivity contribution in [2.75, 3.05) is 13.1 Å². The molecule has 33 heavy (non-hydrogen) atoms. The van der Waals surface area contributed by atoms with E-state index in [1.54, 1.807) is 19.1 Å². The number of carbonyl (C=O) groups excluding carboxylic acids is 1. The summed E-state index contributed by atoms with van der Waals surface area (Å²) in [4.78, 5) is 14.5. The lowest BCUT2D eigenvalue weighted by Crippen LogP contribution is -2.37. The van der Waals surface area contributed by atoms with E-state index < -0.39 is 6.10 Å². The van der Waals surface area contributed by atoms with E-state index in [0.717, 1.165) is 24.1 Å². The predicted molar refractivity (Wildman–Crippen MR) is 129 cm³/mol. The third kappa shape index (κ3) is 5.32. The molecular weight excluding hydrogens is 415 g/mol. The summed E-state index contributed by atoms with van der Waals surface area (Å²) >= 11 is 0. The molecule has 0 saturated heterocycles. The summed E-state index contributed by atoms with van der Waals surface area (Å²) < 4.78 is 20.4. The van der Waals surface area contributed by atoms with Crippen molar-refractivity contribution in [2.24, 2.45) is 0 Å². The zero-order valence-corrected chi connectivity index (χ0v) is 18.8. The van der Waals surface area contributed by atoms with Crippen LogP contribution in [0.5, 0.6) is 5.75 Å². The van der Waals surface area contributed by atoms with Crippen LogP contribution >= 0.6 is 0 Å². The standard InChI is InChI=1S/C28H29FN2O2/c1-3-16-30-28(32)20(2)33-24-14-13-21-15-17-31(19-23-11-7-8-12-26(23)29)27(25(21)18-24)22-9-5-4-6-10-22/h3-14,18,20,27H,1,15-17,19H2,2H3,(H,30,32)/t20-,27+/m1/s1. The van der Waals surface area contributed by atoms with Crippen molar-refractivity contribution < 1.29 is 13.9 Å². The van der Waals surface area contributed by atoms with Crippen LogP contribution in [0.25, 0.3) is 0 Å². The summed E-state index contributed by atoms with van der Waals surface area (Å²) in [5, 5.41) is 2.76. The largest absolute Gasteiger partial charge is 0.481 e. The molecule has 0 bridgehead atoms. The number of halogens is 1. The number of hydrogen-bond donors (Lipinski definition) is 1. The number of ether oxygens (including phenoxy) is 1. The Balaban J connectivity index is 1.65. The second kappa shape index (κ2) is 10.5. The minimum atomic E-state index is -0.628. The van der Waals surface area contributed by atoms with Crippen LogP contribution in [0, 0.1) is 5.82 Å². The Morgan fingerprint density at radius 2 is 1.94 bits per heavy atom. The fourth-order valence-electron chi connectivity index (χ4n) is 4.33. The summed E-state index contributed by atoms with van der Waals surface area (Å²) in [6.07, 6.45) is 1.87. The number of fused-ring (bicyclic) bond motifs is 1. The second-order valence-corrected chi connectivity index (χ2v) is 8.28. The maximum atomic E-state index is 14.5. The van der Waals surface area contributed by atoms with Gasteiger partial charge in [0.2, 0.25) is 0 Å². The van der Waals surface area contributed by atoms with Crippen molar-refractivity contribution >= 4 is 5.91 Å². The van der Waals surface area contributed by atoms with Gasteiger partial charge in [-0.15, -0.1) is 6.58 Å². The molecule has 5 heteroatoms. The number of rotatable bonds is 8. The van der Waals surface area contributed by atoms with Crippen LogP contribution in [0.3, 0.4) is 0 Å². The van der Waals surface area contributed by atoms with E-state index in [9.17, 15) is 9.18 Å². The number of carbonyl (C=O) groups is 1. The number of nitrogens with zero attached hydrogens (tertiary/aromatic N) is 1. The van der Waals surface area contributed by atoms with Crippen molar-refractivity contribution in [3.05, 3.63) is 114 Å². The highest BCUT2D eigenvalue weighted by Gasteiger charge is 2.30. The van der Waals surface area contributed by atoms with Crippen molar-refractivity contribution in [1.82, 2.24) is 10.2 Å². The van der Waals surface area contributed by atoms with E-state index in [-0.39, 0.29) is 17.8 Å². The molecule has 3 aromatic rings. The Labute approximate surface area is 194 Å². The first-order valence-corrected chi connectivity index (χ1v) is 11.3. The SMILES string of the molecule is C=CCNC(=O)[C@@H](C)Oc1ccc2c(c1)[C@H](c1ccccc1)N(Cc1ccccc1F)CC2. The molecule has 1 amide bonds. The van der Waals surface area contributed by atoms with Gasteiger partial charge in [0.25, 0.3) is 5.91 Å². The van der Waals surface area contributed by atoms with Crippen LogP contribution in [0.15, 0.2) is 85.5 Å². The molecule has 1 heterocycles. The van der Waals surface area contributed by atoms with Crippen LogP contribution < -0.4 is 10.1 Å². The van der Waals surface area contributed by atoms with E-state index >= 15 is 0 Å². The first-order valence-electron chi connectivity index (χ1n) is 11.3. The number of benzene rings is 3. The summed E-state index contributed by atoms with van der Waals surface area (Å²) in [6, 6.07) is 23.2. The van der Waals surface area contributed by atoms with Crippen molar-refractivity contribution in [3.63, 3.8) is 0 Å². The molecule has 1 aliphatic heterocycles. The van der Waals surface area contributed by atoms with E-state index in [4.69, 9.17) is 4.74 Å². The van der Waals surface area contributed by atoms with Gasteiger partial charge in [-0.3, -0.25) is 9.69 Å². The quantitative estimate of drug-likeness (QED) is 0.495. The van der Waals surface area contributed by atoms with Gasteiger partial charge >= 0.3 is 0 Å². The van der Waals surface area contributed by atoms with Gasteiger partial charge in [0.15, 0.2) is 6.10 Å². The van der Waals surface area contributed by atoms with Crippen LogP contribution in [0.2, 0.25) is 0 Å². The summed E-state index contributed by atoms with van der Waals surface area (Å²) in [7, 11) is 0. The van der Waals surface area contributed by atoms with Crippen molar-refractivity contribution in [3.8, 4) is 5.75 Å². The average molecular weight is 445 g/mol. The highest BCUT2D eigenvalue weighted by Crippen LogP contribution is 2.38. The molecule has 4 nitrogen and oxygen atoms in total. The molecule has 1 N–H and O–H groups in total. The van der Waals surface area contributed by atoms with Crippen LogP contribution in [0.4, 0.5) is 4.39 Å². The molecule has 0 aliphatic carbocycles. The third-order valence-electron chi connectivity index (χ3n) is 5.99. The molecule has 2 atom stereocenters. The summed E-state index contributed by atoms with van der Waals surface area (Å²) in [5.41, 5.74) is 4.19. The lowest BCUT2D eigenvalue weighted by atomic mass is 9.87. The monoisotopic (exact) mass is 444 g/mol. The second-order valence-electron chi connectivity index (χ2n) is 8.28. The van der Waals surface area contributed by atoms with E-state index in [1.807, 2.05) is 42.5 Å². The highest BCUT2D eigenvalue weighted by molar-refractivity contribution is 5.80. The Morgan fingerprint density at radius 1 is 1.18 bits per heavy atom. The van der Waals surface area contributed by atoms with Crippen LogP contribution in [-0.4, -0.2) is 30.0 Å². The first kappa shape index (κ1) is 22.7. The van der Waals surface area contributed by atoms with Crippen LogP contribution in [-0.2, 0) is 17.8 Å². The molecule has 0 radical (unpaired) electrons. The first-order chi connectivity index (χ1) is 16.1. The number of amides is 1. The Kier molecular flexibility index (Phi) is 7.20. The molecule has 0 spiro atoms. The van der Waals surface area contributed by atoms with Gasteiger partial charge in [-0.25, -0.2) is 4.39 Å². The minimum Gasteiger partial charge on any atom is -0.481 e. The van der Waals surface area contributed by atoms with Gasteiger partial charge < -0.3 is 10.1 Å². The molecule has 0 fully saturated rings. The molecule has 4 rings (SSSR count). The Morgan fingerprint density at radius 3 is 2.70 bits per heavy atom. The lowest BCUT2D eigenvalue weighted by Gasteiger charge is -2.38. The van der Waals surface area contributed by atoms with E-state index in [1.165, 1.54) is 11.6 Å². The van der Waals surface area contributed by atoms with E-state index in [0.29, 0.717) is 24.4 Å². The zero-order valence-electron chi connectivity index (χ0n) is 18.8. The summed E-state index contributed by atoms with van der Waals surface area (Å²) in [6.45, 7) is 7.09. The third-order valence-corrected chi connectivity index (χ3v) is 5.99. The smallest absolute Gasteiger partial charge is 0.261 e. The average Bonchev–Trinajstić information content (AvgIpc) is 2.84. The van der Waals surface area contributed by atoms with Crippen molar-refractivity contribution in [1.29, 1.82) is 0 Å².